The smallest absolute Gasteiger partial charge is 0.243 e. The van der Waals surface area contributed by atoms with Gasteiger partial charge in [0.1, 0.15) is 0 Å². The summed E-state index contributed by atoms with van der Waals surface area (Å²) >= 11 is 0. The molecule has 3 rings (SSSR count). The first kappa shape index (κ1) is 20.9. The summed E-state index contributed by atoms with van der Waals surface area (Å²) in [5.41, 5.74) is 0. The summed E-state index contributed by atoms with van der Waals surface area (Å²) < 4.78 is 37.7. The molecule has 0 saturated carbocycles. The molecule has 0 N–H and O–H groups in total. The zero-order chi connectivity index (χ0) is 20.1. The number of piperazine rings is 1. The van der Waals surface area contributed by atoms with Crippen LogP contribution in [0.1, 0.15) is 19.3 Å². The van der Waals surface area contributed by atoms with E-state index in [1.165, 1.54) is 37.1 Å². The monoisotopic (exact) mass is 411 g/mol. The lowest BCUT2D eigenvalue weighted by Gasteiger charge is -2.35. The van der Waals surface area contributed by atoms with Gasteiger partial charge in [0.05, 0.1) is 25.7 Å². The Morgan fingerprint density at radius 3 is 2.18 bits per heavy atom. The summed E-state index contributed by atoms with van der Waals surface area (Å²) in [5, 5.41) is 0. The van der Waals surface area contributed by atoms with E-state index in [9.17, 15) is 13.2 Å². The Labute approximate surface area is 167 Å². The fraction of sp³-hybridized carbons (Fsp3) is 0.632. The van der Waals surface area contributed by atoms with Crippen LogP contribution in [0, 0.1) is 0 Å². The van der Waals surface area contributed by atoms with Gasteiger partial charge in [0.25, 0.3) is 0 Å². The molecule has 0 bridgehead atoms. The topological polar surface area (TPSA) is 79.4 Å². The number of hydrogen-bond acceptors (Lipinski definition) is 6. The number of hydrogen-bond donors (Lipinski definition) is 0. The Morgan fingerprint density at radius 1 is 0.929 bits per heavy atom. The third-order valence-electron chi connectivity index (χ3n) is 5.39. The minimum Gasteiger partial charge on any atom is -0.493 e. The van der Waals surface area contributed by atoms with Crippen LogP contribution in [-0.4, -0.2) is 88.5 Å². The lowest BCUT2D eigenvalue weighted by atomic mass is 10.1. The van der Waals surface area contributed by atoms with Gasteiger partial charge in [-0.3, -0.25) is 9.69 Å². The van der Waals surface area contributed by atoms with Crippen LogP contribution >= 0.6 is 0 Å². The van der Waals surface area contributed by atoms with Crippen LogP contribution in [0.4, 0.5) is 0 Å². The van der Waals surface area contributed by atoms with E-state index in [1.807, 2.05) is 0 Å². The summed E-state index contributed by atoms with van der Waals surface area (Å²) in [5.74, 6) is 0.943. The van der Waals surface area contributed by atoms with Crippen molar-refractivity contribution in [2.45, 2.75) is 24.2 Å². The second-order valence-electron chi connectivity index (χ2n) is 7.14. The number of piperidine rings is 1. The molecule has 2 fully saturated rings. The molecule has 2 heterocycles. The Balaban J connectivity index is 1.61. The normalized spacial score (nSPS) is 19.4. The number of carbonyl (C=O) groups is 1. The predicted octanol–water partition coefficient (Wildman–Crippen LogP) is 1.02. The molecule has 8 nitrogen and oxygen atoms in total. The highest BCUT2D eigenvalue weighted by molar-refractivity contribution is 7.89. The average Bonchev–Trinajstić information content (AvgIpc) is 2.74. The molecule has 156 valence electrons. The lowest BCUT2D eigenvalue weighted by molar-refractivity contribution is -0.133. The molecule has 2 aliphatic heterocycles. The van der Waals surface area contributed by atoms with Crippen LogP contribution in [-0.2, 0) is 14.8 Å². The van der Waals surface area contributed by atoms with Gasteiger partial charge in [0.2, 0.25) is 15.9 Å². The third-order valence-corrected chi connectivity index (χ3v) is 7.29. The van der Waals surface area contributed by atoms with E-state index in [4.69, 9.17) is 9.47 Å². The van der Waals surface area contributed by atoms with Crippen LogP contribution in [0.5, 0.6) is 11.5 Å². The van der Waals surface area contributed by atoms with Crippen LogP contribution in [0.25, 0.3) is 0 Å². The maximum atomic E-state index is 13.0. The van der Waals surface area contributed by atoms with E-state index in [0.29, 0.717) is 44.2 Å². The summed E-state index contributed by atoms with van der Waals surface area (Å²) in [6, 6.07) is 4.58. The van der Waals surface area contributed by atoms with Crippen molar-refractivity contribution in [3.63, 3.8) is 0 Å². The molecule has 0 unspecified atom stereocenters. The van der Waals surface area contributed by atoms with E-state index in [2.05, 4.69) is 4.90 Å². The molecule has 1 aromatic carbocycles. The van der Waals surface area contributed by atoms with Crippen molar-refractivity contribution in [1.82, 2.24) is 14.1 Å². The van der Waals surface area contributed by atoms with E-state index in [0.717, 1.165) is 25.9 Å². The molecule has 1 aromatic rings. The number of benzene rings is 1. The molecule has 28 heavy (non-hydrogen) atoms. The highest BCUT2D eigenvalue weighted by Gasteiger charge is 2.31. The third kappa shape index (κ3) is 4.59. The largest absolute Gasteiger partial charge is 0.493 e. The Morgan fingerprint density at radius 2 is 1.57 bits per heavy atom. The number of carbonyl (C=O) groups excluding carboxylic acids is 1. The van der Waals surface area contributed by atoms with Crippen molar-refractivity contribution in [3.05, 3.63) is 18.2 Å². The first-order valence-corrected chi connectivity index (χ1v) is 11.1. The van der Waals surface area contributed by atoms with Gasteiger partial charge in [-0.2, -0.15) is 4.31 Å². The van der Waals surface area contributed by atoms with Crippen LogP contribution in [0.15, 0.2) is 23.1 Å². The van der Waals surface area contributed by atoms with E-state index < -0.39 is 10.0 Å². The first-order valence-electron chi connectivity index (χ1n) is 9.68. The van der Waals surface area contributed by atoms with E-state index in [-0.39, 0.29) is 10.8 Å². The number of nitrogens with zero attached hydrogens (tertiary/aromatic N) is 3. The fourth-order valence-corrected chi connectivity index (χ4v) is 5.15. The van der Waals surface area contributed by atoms with Gasteiger partial charge in [-0.15, -0.1) is 0 Å². The van der Waals surface area contributed by atoms with Gasteiger partial charge >= 0.3 is 0 Å². The summed E-state index contributed by atoms with van der Waals surface area (Å²) in [7, 11) is -0.667. The number of sulfonamides is 1. The molecule has 1 amide bonds. The molecular weight excluding hydrogens is 382 g/mol. The predicted molar refractivity (Wildman–Crippen MR) is 105 cm³/mol. The molecule has 0 radical (unpaired) electrons. The second kappa shape index (κ2) is 9.11. The second-order valence-corrected chi connectivity index (χ2v) is 9.08. The molecule has 2 saturated heterocycles. The van der Waals surface area contributed by atoms with Crippen molar-refractivity contribution >= 4 is 15.9 Å². The van der Waals surface area contributed by atoms with Crippen LogP contribution in [0.3, 0.4) is 0 Å². The summed E-state index contributed by atoms with van der Waals surface area (Å²) in [6.45, 7) is 3.80. The highest BCUT2D eigenvalue weighted by atomic mass is 32.2. The van der Waals surface area contributed by atoms with E-state index in [1.54, 1.807) is 11.0 Å². The van der Waals surface area contributed by atoms with Crippen molar-refractivity contribution in [2.24, 2.45) is 0 Å². The van der Waals surface area contributed by atoms with E-state index >= 15 is 0 Å². The molecular formula is C19H29N3O5S. The number of amides is 1. The molecule has 0 atom stereocenters. The molecule has 0 spiro atoms. The van der Waals surface area contributed by atoms with Crippen molar-refractivity contribution < 1.29 is 22.7 Å². The summed E-state index contributed by atoms with van der Waals surface area (Å²) in [6.07, 6.45) is 3.52. The first-order chi connectivity index (χ1) is 13.5. The fourth-order valence-electron chi connectivity index (χ4n) is 3.71. The minimum absolute atomic E-state index is 0.0880. The van der Waals surface area contributed by atoms with Crippen molar-refractivity contribution in [3.8, 4) is 11.5 Å². The Hall–Kier alpha value is -1.84. The van der Waals surface area contributed by atoms with Crippen molar-refractivity contribution in [1.29, 1.82) is 0 Å². The SMILES string of the molecule is COc1ccc(S(=O)(=O)N2CCN(C(=O)CN3CCCCC3)CC2)cc1OC. The summed E-state index contributed by atoms with van der Waals surface area (Å²) in [4.78, 5) is 16.7. The van der Waals surface area contributed by atoms with Crippen LogP contribution in [0.2, 0.25) is 0 Å². The number of rotatable bonds is 6. The maximum Gasteiger partial charge on any atom is 0.243 e. The van der Waals surface area contributed by atoms with Gasteiger partial charge < -0.3 is 14.4 Å². The minimum atomic E-state index is -3.65. The molecule has 0 aliphatic carbocycles. The highest BCUT2D eigenvalue weighted by Crippen LogP contribution is 2.30. The van der Waals surface area contributed by atoms with Gasteiger partial charge in [-0.05, 0) is 38.1 Å². The van der Waals surface area contributed by atoms with Gasteiger partial charge in [-0.25, -0.2) is 8.42 Å². The molecule has 0 aromatic heterocycles. The molecule has 2 aliphatic rings. The zero-order valence-corrected chi connectivity index (χ0v) is 17.4. The van der Waals surface area contributed by atoms with Crippen LogP contribution < -0.4 is 9.47 Å². The quantitative estimate of drug-likeness (QED) is 0.696. The van der Waals surface area contributed by atoms with Crippen molar-refractivity contribution in [2.75, 3.05) is 60.0 Å². The average molecular weight is 412 g/mol. The lowest BCUT2D eigenvalue weighted by Crippen LogP contribution is -2.52. The molecule has 9 heteroatoms. The van der Waals surface area contributed by atoms with Gasteiger partial charge in [0.15, 0.2) is 11.5 Å². The maximum absolute atomic E-state index is 13.0. The zero-order valence-electron chi connectivity index (χ0n) is 16.6. The standard InChI is InChI=1S/C19H29N3O5S/c1-26-17-7-6-16(14-18(17)27-2)28(24,25)22-12-10-21(11-13-22)19(23)15-20-8-4-3-5-9-20/h6-7,14H,3-5,8-13,15H2,1-2H3. The number of methoxy groups -OCH3 is 2. The van der Waals surface area contributed by atoms with Gasteiger partial charge in [0, 0.05) is 32.2 Å². The Kier molecular flexibility index (Phi) is 6.79. The Bertz CT molecular complexity index is 785. The number of likely N-dealkylation sites (tertiary alicyclic amines) is 1. The van der Waals surface area contributed by atoms with Gasteiger partial charge in [-0.1, -0.05) is 6.42 Å². The number of ether oxygens (including phenoxy) is 2.